The summed E-state index contributed by atoms with van der Waals surface area (Å²) in [5.74, 6) is 1.04. The molecule has 118 valence electrons. The molecule has 0 atom stereocenters. The van der Waals surface area contributed by atoms with Crippen LogP contribution < -0.4 is 4.74 Å². The predicted octanol–water partition coefficient (Wildman–Crippen LogP) is 3.90. The van der Waals surface area contributed by atoms with Crippen molar-refractivity contribution in [2.24, 2.45) is 0 Å². The number of hydrogen-bond donors (Lipinski definition) is 0. The molecule has 0 aliphatic heterocycles. The minimum atomic E-state index is -0.145. The zero-order valence-corrected chi connectivity index (χ0v) is 14.0. The molecule has 2 aromatic rings. The fourth-order valence-corrected chi connectivity index (χ4v) is 2.58. The van der Waals surface area contributed by atoms with Gasteiger partial charge in [0.2, 0.25) is 0 Å². The summed E-state index contributed by atoms with van der Waals surface area (Å²) >= 11 is 0. The third-order valence-corrected chi connectivity index (χ3v) is 3.94. The maximum absolute atomic E-state index is 12.3. The molecule has 0 fully saturated rings. The number of ether oxygens (including phenoxy) is 1. The monoisotopic (exact) mass is 300 g/mol. The summed E-state index contributed by atoms with van der Waals surface area (Å²) in [4.78, 5) is 12.3. The topological polar surface area (TPSA) is 44.1 Å². The highest BCUT2D eigenvalue weighted by Crippen LogP contribution is 2.19. The van der Waals surface area contributed by atoms with E-state index in [1.807, 2.05) is 38.1 Å². The lowest BCUT2D eigenvalue weighted by molar-refractivity contribution is 0.0818. The Bertz CT molecular complexity index is 654. The first kappa shape index (κ1) is 16.3. The third-order valence-electron chi connectivity index (χ3n) is 3.94. The first-order chi connectivity index (χ1) is 10.4. The van der Waals surface area contributed by atoms with E-state index in [-0.39, 0.29) is 12.5 Å². The Kier molecular flexibility index (Phi) is 5.01. The fraction of sp³-hybridized carbons (Fsp3) is 0.444. The molecule has 0 aliphatic rings. The van der Waals surface area contributed by atoms with Crippen LogP contribution in [0.2, 0.25) is 0 Å². The third kappa shape index (κ3) is 3.38. The van der Waals surface area contributed by atoms with Crippen LogP contribution in [0.1, 0.15) is 54.0 Å². The minimum Gasteiger partial charge on any atom is -0.484 e. The van der Waals surface area contributed by atoms with Gasteiger partial charge < -0.3 is 4.74 Å². The molecular formula is C18H24N2O2. The number of nitrogens with zero attached hydrogens (tertiary/aromatic N) is 2. The maximum Gasteiger partial charge on any atom is 0.284 e. The molecule has 0 amide bonds. The molecule has 0 saturated heterocycles. The van der Waals surface area contributed by atoms with Crippen molar-refractivity contribution in [3.8, 4) is 5.75 Å². The molecule has 1 heterocycles. The molecule has 0 N–H and O–H groups in total. The van der Waals surface area contributed by atoms with Gasteiger partial charge in [0.15, 0.2) is 6.61 Å². The summed E-state index contributed by atoms with van der Waals surface area (Å²) in [5, 5.41) is 4.32. The average Bonchev–Trinajstić information content (AvgIpc) is 2.79. The number of rotatable bonds is 5. The Morgan fingerprint density at radius 3 is 2.36 bits per heavy atom. The van der Waals surface area contributed by atoms with Crippen molar-refractivity contribution in [2.75, 3.05) is 6.61 Å². The van der Waals surface area contributed by atoms with E-state index in [1.54, 1.807) is 0 Å². The summed E-state index contributed by atoms with van der Waals surface area (Å²) in [6.45, 7) is 10.2. The summed E-state index contributed by atoms with van der Waals surface area (Å²) in [6.07, 6.45) is 0.877. The fourth-order valence-electron chi connectivity index (χ4n) is 2.58. The average molecular weight is 300 g/mol. The normalized spacial score (nSPS) is 11.0. The number of aryl methyl sites for hydroxylation is 1. The standard InChI is InChI=1S/C18H24N2O2/c1-6-17-13(4)19-20(14(17)5)18(21)11-22-16-9-7-15(8-10-16)12(2)3/h7-10,12H,6,11H2,1-5H3. The molecule has 0 aliphatic carbocycles. The quantitative estimate of drug-likeness (QED) is 0.841. The minimum absolute atomic E-state index is 0.00780. The van der Waals surface area contributed by atoms with E-state index < -0.39 is 0 Å². The van der Waals surface area contributed by atoms with Gasteiger partial charge >= 0.3 is 0 Å². The second-order valence-electron chi connectivity index (χ2n) is 5.82. The Balaban J connectivity index is 2.04. The van der Waals surface area contributed by atoms with Crippen molar-refractivity contribution < 1.29 is 9.53 Å². The number of carbonyl (C=O) groups is 1. The summed E-state index contributed by atoms with van der Waals surface area (Å²) in [6, 6.07) is 7.87. The lowest BCUT2D eigenvalue weighted by atomic mass is 10.0. The molecule has 0 saturated carbocycles. The summed E-state index contributed by atoms with van der Waals surface area (Å²) in [5.41, 5.74) is 4.21. The van der Waals surface area contributed by atoms with Crippen LogP contribution in [0.3, 0.4) is 0 Å². The van der Waals surface area contributed by atoms with E-state index in [1.165, 1.54) is 10.2 Å². The zero-order valence-electron chi connectivity index (χ0n) is 14.0. The van der Waals surface area contributed by atoms with Crippen LogP contribution in [0.15, 0.2) is 24.3 Å². The van der Waals surface area contributed by atoms with Gasteiger partial charge in [-0.1, -0.05) is 32.9 Å². The molecule has 1 aromatic heterocycles. The first-order valence-corrected chi connectivity index (χ1v) is 7.75. The van der Waals surface area contributed by atoms with Crippen molar-refractivity contribution in [1.29, 1.82) is 0 Å². The van der Waals surface area contributed by atoms with Gasteiger partial charge in [0, 0.05) is 5.69 Å². The van der Waals surface area contributed by atoms with Crippen LogP contribution in [0.25, 0.3) is 0 Å². The first-order valence-electron chi connectivity index (χ1n) is 7.75. The van der Waals surface area contributed by atoms with Crippen LogP contribution in [-0.2, 0) is 6.42 Å². The van der Waals surface area contributed by atoms with Gasteiger partial charge in [0.05, 0.1) is 5.69 Å². The van der Waals surface area contributed by atoms with Crippen LogP contribution in [0.5, 0.6) is 5.75 Å². The molecule has 4 nitrogen and oxygen atoms in total. The van der Waals surface area contributed by atoms with E-state index in [0.717, 1.165) is 23.4 Å². The maximum atomic E-state index is 12.3. The molecule has 4 heteroatoms. The largest absolute Gasteiger partial charge is 0.484 e. The van der Waals surface area contributed by atoms with Crippen molar-refractivity contribution in [3.05, 3.63) is 46.8 Å². The van der Waals surface area contributed by atoms with Gasteiger partial charge in [-0.3, -0.25) is 4.79 Å². The van der Waals surface area contributed by atoms with Crippen LogP contribution in [0.4, 0.5) is 0 Å². The molecule has 0 unspecified atom stereocenters. The lowest BCUT2D eigenvalue weighted by Gasteiger charge is -2.09. The Morgan fingerprint density at radius 1 is 1.23 bits per heavy atom. The second kappa shape index (κ2) is 6.77. The zero-order chi connectivity index (χ0) is 16.3. The van der Waals surface area contributed by atoms with Crippen LogP contribution in [-0.4, -0.2) is 22.3 Å². The Hall–Kier alpha value is -2.10. The number of hydrogen-bond acceptors (Lipinski definition) is 3. The van der Waals surface area contributed by atoms with Crippen molar-refractivity contribution in [3.63, 3.8) is 0 Å². The molecule has 0 radical (unpaired) electrons. The highest BCUT2D eigenvalue weighted by molar-refractivity contribution is 5.80. The second-order valence-corrected chi connectivity index (χ2v) is 5.82. The number of aromatic nitrogens is 2. The van der Waals surface area contributed by atoms with Crippen molar-refractivity contribution in [2.45, 2.75) is 47.0 Å². The molecule has 22 heavy (non-hydrogen) atoms. The van der Waals surface area contributed by atoms with E-state index in [4.69, 9.17) is 4.74 Å². The predicted molar refractivity (Wildman–Crippen MR) is 87.7 cm³/mol. The van der Waals surface area contributed by atoms with Gasteiger partial charge in [-0.25, -0.2) is 4.68 Å². The van der Waals surface area contributed by atoms with Gasteiger partial charge in [-0.2, -0.15) is 5.10 Å². The van der Waals surface area contributed by atoms with Crippen LogP contribution >= 0.6 is 0 Å². The van der Waals surface area contributed by atoms with E-state index in [9.17, 15) is 4.79 Å². The molecule has 2 rings (SSSR count). The van der Waals surface area contributed by atoms with E-state index in [0.29, 0.717) is 11.7 Å². The molecule has 1 aromatic carbocycles. The molecule has 0 bridgehead atoms. The van der Waals surface area contributed by atoms with Gasteiger partial charge in [0.1, 0.15) is 5.75 Å². The smallest absolute Gasteiger partial charge is 0.284 e. The van der Waals surface area contributed by atoms with Gasteiger partial charge in [0.25, 0.3) is 5.91 Å². The van der Waals surface area contributed by atoms with Crippen molar-refractivity contribution in [1.82, 2.24) is 9.78 Å². The number of carbonyl (C=O) groups excluding carboxylic acids is 1. The SMILES string of the molecule is CCc1c(C)nn(C(=O)COc2ccc(C(C)C)cc2)c1C. The van der Waals surface area contributed by atoms with Crippen molar-refractivity contribution >= 4 is 5.91 Å². The number of benzene rings is 1. The van der Waals surface area contributed by atoms with E-state index in [2.05, 4.69) is 25.9 Å². The van der Waals surface area contributed by atoms with Crippen LogP contribution in [0, 0.1) is 13.8 Å². The van der Waals surface area contributed by atoms with E-state index >= 15 is 0 Å². The van der Waals surface area contributed by atoms with Gasteiger partial charge in [-0.15, -0.1) is 0 Å². The highest BCUT2D eigenvalue weighted by Gasteiger charge is 2.15. The Morgan fingerprint density at radius 2 is 1.86 bits per heavy atom. The Labute approximate surface area is 132 Å². The summed E-state index contributed by atoms with van der Waals surface area (Å²) < 4.78 is 7.04. The molecular weight excluding hydrogens is 276 g/mol. The summed E-state index contributed by atoms with van der Waals surface area (Å²) in [7, 11) is 0. The van der Waals surface area contributed by atoms with Gasteiger partial charge in [-0.05, 0) is 49.4 Å². The highest BCUT2D eigenvalue weighted by atomic mass is 16.5. The lowest BCUT2D eigenvalue weighted by Crippen LogP contribution is -2.21. The molecule has 0 spiro atoms.